The molecule has 9 heteroatoms. The lowest BCUT2D eigenvalue weighted by atomic mass is 9.87. The van der Waals surface area contributed by atoms with Crippen molar-refractivity contribution < 1.29 is 14.8 Å². The summed E-state index contributed by atoms with van der Waals surface area (Å²) in [7, 11) is 0. The van der Waals surface area contributed by atoms with Crippen molar-refractivity contribution in [1.82, 2.24) is 21.4 Å². The van der Waals surface area contributed by atoms with Gasteiger partial charge in [0.1, 0.15) is 0 Å². The fourth-order valence-electron chi connectivity index (χ4n) is 3.31. The van der Waals surface area contributed by atoms with Gasteiger partial charge in [0, 0.05) is 25.9 Å². The molecule has 0 bridgehead atoms. The Balaban J connectivity index is 0. The first-order valence-electron chi connectivity index (χ1n) is 12.0. The number of carbonyl (C=O) groups is 2. The van der Waals surface area contributed by atoms with E-state index in [1.165, 1.54) is 11.1 Å². The molecule has 0 fully saturated rings. The molecule has 0 aliphatic heterocycles. The molecule has 7 nitrogen and oxygen atoms in total. The van der Waals surface area contributed by atoms with Crippen LogP contribution in [0.5, 0.6) is 0 Å². The summed E-state index contributed by atoms with van der Waals surface area (Å²) in [6.07, 6.45) is 6.24. The Morgan fingerprint density at radius 2 is 1.29 bits per heavy atom. The van der Waals surface area contributed by atoms with E-state index < -0.39 is 0 Å². The van der Waals surface area contributed by atoms with Gasteiger partial charge in [-0.25, -0.2) is 5.48 Å². The molecule has 0 atom stereocenters. The first-order chi connectivity index (χ1) is 15.3. The number of nitrogens with one attached hydrogen (secondary N) is 4. The Labute approximate surface area is 227 Å². The van der Waals surface area contributed by atoms with Gasteiger partial charge >= 0.3 is 0 Å². The lowest BCUT2D eigenvalue weighted by Crippen LogP contribution is -2.27. The van der Waals surface area contributed by atoms with Gasteiger partial charge in [-0.15, -0.1) is 34.0 Å². The van der Waals surface area contributed by atoms with E-state index in [4.69, 9.17) is 5.21 Å². The molecular weight excluding hydrogens is 564 g/mol. The molecule has 0 saturated heterocycles. The Morgan fingerprint density at radius 3 is 1.88 bits per heavy atom. The number of hydroxylamine groups is 1. The number of halogens is 2. The third-order valence-electron chi connectivity index (χ3n) is 5.39. The standard InChI is InChI=1S/C25H44N4O3.2BrH/c1-25(2,3)22-14-12-21(13-15-22)20-27-17-8-7-16-26-18-9-19-28-23(30)10-5-4-6-11-24(31)29-32;;/h12-15,26-27,32H,4-11,16-20H2,1-3H3,(H,28,30)(H,29,31);2*1H. The van der Waals surface area contributed by atoms with Gasteiger partial charge in [-0.05, 0) is 68.3 Å². The molecule has 0 aromatic heterocycles. The van der Waals surface area contributed by atoms with Crippen LogP contribution in [0.2, 0.25) is 0 Å². The average molecular weight is 610 g/mol. The maximum atomic E-state index is 11.7. The predicted octanol–water partition coefficient (Wildman–Crippen LogP) is 4.56. The van der Waals surface area contributed by atoms with Crippen molar-refractivity contribution in [2.75, 3.05) is 26.2 Å². The average Bonchev–Trinajstić information content (AvgIpc) is 2.76. The van der Waals surface area contributed by atoms with Crippen LogP contribution in [0.15, 0.2) is 24.3 Å². The zero-order chi connectivity index (χ0) is 23.7. The first kappa shape index (κ1) is 35.2. The minimum absolute atomic E-state index is 0. The molecule has 2 amide bonds. The monoisotopic (exact) mass is 608 g/mol. The largest absolute Gasteiger partial charge is 0.356 e. The van der Waals surface area contributed by atoms with Gasteiger partial charge in [0.2, 0.25) is 11.8 Å². The van der Waals surface area contributed by atoms with Gasteiger partial charge in [0.05, 0.1) is 0 Å². The van der Waals surface area contributed by atoms with Crippen LogP contribution < -0.4 is 21.4 Å². The summed E-state index contributed by atoms with van der Waals surface area (Å²) in [6, 6.07) is 8.89. The summed E-state index contributed by atoms with van der Waals surface area (Å²) < 4.78 is 0. The van der Waals surface area contributed by atoms with E-state index in [0.29, 0.717) is 25.8 Å². The van der Waals surface area contributed by atoms with Crippen LogP contribution in [0.1, 0.15) is 83.3 Å². The van der Waals surface area contributed by atoms with Crippen molar-refractivity contribution in [2.45, 2.75) is 84.1 Å². The van der Waals surface area contributed by atoms with E-state index in [0.717, 1.165) is 58.3 Å². The summed E-state index contributed by atoms with van der Waals surface area (Å²) in [5, 5.41) is 18.3. The fraction of sp³-hybridized carbons (Fsp3) is 0.680. The molecule has 0 spiro atoms. The van der Waals surface area contributed by atoms with Crippen LogP contribution in [0.3, 0.4) is 0 Å². The fourth-order valence-corrected chi connectivity index (χ4v) is 3.31. The third kappa shape index (κ3) is 18.3. The molecule has 1 aromatic carbocycles. The molecule has 0 aliphatic carbocycles. The number of hydrogen-bond donors (Lipinski definition) is 5. The highest BCUT2D eigenvalue weighted by Gasteiger charge is 2.12. The number of benzene rings is 1. The highest BCUT2D eigenvalue weighted by atomic mass is 79.9. The number of carbonyl (C=O) groups excluding carboxylic acids is 2. The molecule has 5 N–H and O–H groups in total. The zero-order valence-corrected chi connectivity index (χ0v) is 24.5. The van der Waals surface area contributed by atoms with Crippen molar-refractivity contribution >= 4 is 45.8 Å². The summed E-state index contributed by atoms with van der Waals surface area (Å²) in [6.45, 7) is 11.2. The van der Waals surface area contributed by atoms with Gasteiger partial charge in [-0.2, -0.15) is 0 Å². The molecule has 1 rings (SSSR count). The summed E-state index contributed by atoms with van der Waals surface area (Å²) in [5.74, 6) is -0.309. The minimum Gasteiger partial charge on any atom is -0.356 e. The van der Waals surface area contributed by atoms with Crippen LogP contribution in [0.25, 0.3) is 0 Å². The molecule has 0 heterocycles. The second kappa shape index (κ2) is 21.3. The van der Waals surface area contributed by atoms with Crippen LogP contribution >= 0.6 is 34.0 Å². The Morgan fingerprint density at radius 1 is 0.735 bits per heavy atom. The summed E-state index contributed by atoms with van der Waals surface area (Å²) in [4.78, 5) is 22.6. The van der Waals surface area contributed by atoms with Gasteiger partial charge in [0.25, 0.3) is 0 Å². The van der Waals surface area contributed by atoms with Crippen molar-refractivity contribution in [3.8, 4) is 0 Å². The molecule has 1 aromatic rings. The minimum atomic E-state index is -0.375. The van der Waals surface area contributed by atoms with Crippen LogP contribution in [-0.2, 0) is 21.5 Å². The van der Waals surface area contributed by atoms with E-state index in [-0.39, 0.29) is 51.2 Å². The summed E-state index contributed by atoms with van der Waals surface area (Å²) in [5.41, 5.74) is 4.51. The maximum Gasteiger partial charge on any atom is 0.243 e. The highest BCUT2D eigenvalue weighted by molar-refractivity contribution is 8.93. The predicted molar refractivity (Wildman–Crippen MR) is 150 cm³/mol. The number of hydrogen-bond acceptors (Lipinski definition) is 5. The number of amides is 2. The molecular formula is C25H46Br2N4O3. The van der Waals surface area contributed by atoms with Crippen molar-refractivity contribution in [2.24, 2.45) is 0 Å². The second-order valence-corrected chi connectivity index (χ2v) is 9.38. The molecule has 0 aliphatic rings. The second-order valence-electron chi connectivity index (χ2n) is 9.38. The third-order valence-corrected chi connectivity index (χ3v) is 5.39. The molecule has 0 radical (unpaired) electrons. The van der Waals surface area contributed by atoms with Gasteiger partial charge in [0.15, 0.2) is 0 Å². The normalized spacial score (nSPS) is 10.7. The molecule has 198 valence electrons. The Bertz CT molecular complexity index is 653. The number of unbranched alkanes of at least 4 members (excludes halogenated alkanes) is 3. The first-order valence-corrected chi connectivity index (χ1v) is 12.0. The van der Waals surface area contributed by atoms with Gasteiger partial charge < -0.3 is 16.0 Å². The molecule has 0 saturated carbocycles. The van der Waals surface area contributed by atoms with Crippen LogP contribution in [0.4, 0.5) is 0 Å². The van der Waals surface area contributed by atoms with E-state index in [1.807, 2.05) is 0 Å². The van der Waals surface area contributed by atoms with E-state index in [2.05, 4.69) is 61.0 Å². The molecule has 34 heavy (non-hydrogen) atoms. The Hall–Kier alpha value is -1.00. The summed E-state index contributed by atoms with van der Waals surface area (Å²) >= 11 is 0. The lowest BCUT2D eigenvalue weighted by Gasteiger charge is -2.19. The zero-order valence-electron chi connectivity index (χ0n) is 21.1. The maximum absolute atomic E-state index is 11.7. The topological polar surface area (TPSA) is 102 Å². The quantitative estimate of drug-likeness (QED) is 0.101. The van der Waals surface area contributed by atoms with Gasteiger partial charge in [-0.1, -0.05) is 51.5 Å². The van der Waals surface area contributed by atoms with Crippen LogP contribution in [-0.4, -0.2) is 43.2 Å². The SMILES string of the molecule is Br.Br.CC(C)(C)c1ccc(CNCCCCNCCCNC(=O)CCCCCC(=O)NO)cc1. The Kier molecular flexibility index (Phi) is 22.0. The van der Waals surface area contributed by atoms with E-state index >= 15 is 0 Å². The van der Waals surface area contributed by atoms with Gasteiger partial charge in [-0.3, -0.25) is 14.8 Å². The van der Waals surface area contributed by atoms with E-state index in [9.17, 15) is 9.59 Å². The smallest absolute Gasteiger partial charge is 0.243 e. The van der Waals surface area contributed by atoms with Crippen LogP contribution in [0, 0.1) is 0 Å². The highest BCUT2D eigenvalue weighted by Crippen LogP contribution is 2.22. The van der Waals surface area contributed by atoms with Crippen molar-refractivity contribution in [3.05, 3.63) is 35.4 Å². The number of rotatable bonds is 17. The van der Waals surface area contributed by atoms with E-state index in [1.54, 1.807) is 5.48 Å². The molecule has 0 unspecified atom stereocenters. The lowest BCUT2D eigenvalue weighted by molar-refractivity contribution is -0.129. The van der Waals surface area contributed by atoms with Crippen molar-refractivity contribution in [1.29, 1.82) is 0 Å². The van der Waals surface area contributed by atoms with Crippen molar-refractivity contribution in [3.63, 3.8) is 0 Å².